The number of aromatic nitrogens is 1. The summed E-state index contributed by atoms with van der Waals surface area (Å²) < 4.78 is 0. The molecule has 0 spiro atoms. The summed E-state index contributed by atoms with van der Waals surface area (Å²) in [6, 6.07) is 8.21. The van der Waals surface area contributed by atoms with Crippen LogP contribution in [0.1, 0.15) is 22.5 Å². The lowest BCUT2D eigenvalue weighted by molar-refractivity contribution is 0.797. The smallest absolute Gasteiger partial charge is 0.206 e. The van der Waals surface area contributed by atoms with Crippen molar-refractivity contribution in [2.24, 2.45) is 4.99 Å². The monoisotopic (exact) mass is 308 g/mol. The number of nitrogens with zero attached hydrogens (tertiary/aromatic N) is 7. The van der Waals surface area contributed by atoms with E-state index in [0.29, 0.717) is 16.8 Å². The fourth-order valence-electron chi connectivity index (χ4n) is 2.56. The highest BCUT2D eigenvalue weighted by Crippen LogP contribution is 2.36. The Morgan fingerprint density at radius 3 is 2.46 bits per heavy atom. The maximum atomic E-state index is 9.19. The van der Waals surface area contributed by atoms with Crippen LogP contribution in [0.5, 0.6) is 0 Å². The molecule has 8 heteroatoms. The molecule has 0 radical (unpaired) electrons. The quantitative estimate of drug-likeness (QED) is 0.693. The molecule has 0 bridgehead atoms. The topological polar surface area (TPSA) is 156 Å². The van der Waals surface area contributed by atoms with Crippen LogP contribution in [0.25, 0.3) is 5.57 Å². The second-order valence-electron chi connectivity index (χ2n) is 4.77. The number of pyridine rings is 1. The van der Waals surface area contributed by atoms with E-state index in [0.717, 1.165) is 0 Å². The first-order valence-corrected chi connectivity index (χ1v) is 6.53. The summed E-state index contributed by atoms with van der Waals surface area (Å²) in [5, 5.41) is 48.4. The van der Waals surface area contributed by atoms with Gasteiger partial charge < -0.3 is 5.32 Å². The van der Waals surface area contributed by atoms with Gasteiger partial charge in [0, 0.05) is 11.1 Å². The summed E-state index contributed by atoms with van der Waals surface area (Å²) in [5.41, 5.74) is 2.00. The molecule has 1 aromatic heterocycles. The standard InChI is InChI=1S/C16H4N8/c17-3-8-1-10-11-2-9(4-18)13(6-20)24-15(11)16(22-7-21)14(10)23-12(8)5-19/h1-2,12,23H. The second kappa shape index (κ2) is 5.39. The molecule has 2 aliphatic rings. The molecule has 2 heterocycles. The molecule has 0 fully saturated rings. The summed E-state index contributed by atoms with van der Waals surface area (Å²) in [7, 11) is 0. The van der Waals surface area contributed by atoms with E-state index < -0.39 is 6.04 Å². The van der Waals surface area contributed by atoms with Crippen molar-refractivity contribution in [3.63, 3.8) is 0 Å². The van der Waals surface area contributed by atoms with Gasteiger partial charge in [-0.2, -0.15) is 31.3 Å². The maximum Gasteiger partial charge on any atom is 0.206 e. The highest BCUT2D eigenvalue weighted by Gasteiger charge is 2.35. The Kier molecular flexibility index (Phi) is 3.25. The zero-order chi connectivity index (χ0) is 17.3. The molecule has 1 unspecified atom stereocenters. The molecule has 1 aliphatic heterocycles. The van der Waals surface area contributed by atoms with Crippen LogP contribution < -0.4 is 5.32 Å². The van der Waals surface area contributed by atoms with Crippen molar-refractivity contribution < 1.29 is 0 Å². The minimum atomic E-state index is -0.877. The van der Waals surface area contributed by atoms with Gasteiger partial charge in [0.05, 0.1) is 29.0 Å². The van der Waals surface area contributed by atoms with Crippen LogP contribution in [0.3, 0.4) is 0 Å². The van der Waals surface area contributed by atoms with Gasteiger partial charge in [-0.15, -0.1) is 0 Å². The summed E-state index contributed by atoms with van der Waals surface area (Å²) in [6.07, 6.45) is 3.17. The highest BCUT2D eigenvalue weighted by molar-refractivity contribution is 6.24. The fraction of sp³-hybridized carbons (Fsp3) is 0.0625. The van der Waals surface area contributed by atoms with Gasteiger partial charge in [-0.1, -0.05) is 0 Å². The Balaban J connectivity index is 2.33. The summed E-state index contributed by atoms with van der Waals surface area (Å²) in [5.74, 6) is 0. The number of nitriles is 5. The van der Waals surface area contributed by atoms with Crippen molar-refractivity contribution in [2.45, 2.75) is 6.04 Å². The van der Waals surface area contributed by atoms with Gasteiger partial charge in [0.1, 0.15) is 29.6 Å². The van der Waals surface area contributed by atoms with Crippen molar-refractivity contribution in [1.82, 2.24) is 10.3 Å². The van der Waals surface area contributed by atoms with E-state index in [9.17, 15) is 10.5 Å². The molecule has 8 nitrogen and oxygen atoms in total. The van der Waals surface area contributed by atoms with Crippen LogP contribution in [0.2, 0.25) is 0 Å². The Labute approximate surface area is 136 Å². The lowest BCUT2D eigenvalue weighted by Gasteiger charge is -2.19. The molecular formula is C16H4N8. The summed E-state index contributed by atoms with van der Waals surface area (Å²) in [4.78, 5) is 7.85. The molecular weight excluding hydrogens is 304 g/mol. The van der Waals surface area contributed by atoms with Gasteiger partial charge in [0.2, 0.25) is 6.19 Å². The van der Waals surface area contributed by atoms with Gasteiger partial charge in [-0.3, -0.25) is 0 Å². The zero-order valence-corrected chi connectivity index (χ0v) is 11.9. The first kappa shape index (κ1) is 14.5. The van der Waals surface area contributed by atoms with Crippen LogP contribution in [0.15, 0.2) is 28.4 Å². The largest absolute Gasteiger partial charge is 0.363 e. The molecule has 108 valence electrons. The number of fused-ring (bicyclic) bond motifs is 2. The predicted molar refractivity (Wildman–Crippen MR) is 79.0 cm³/mol. The van der Waals surface area contributed by atoms with E-state index in [1.165, 1.54) is 12.1 Å². The summed E-state index contributed by atoms with van der Waals surface area (Å²) in [6.45, 7) is 0. The Bertz CT molecular complexity index is 1080. The molecule has 1 atom stereocenters. The number of nitrogens with one attached hydrogen (secondary N) is 1. The van der Waals surface area contributed by atoms with Crippen molar-refractivity contribution in [3.8, 4) is 30.5 Å². The second-order valence-corrected chi connectivity index (χ2v) is 4.77. The summed E-state index contributed by atoms with van der Waals surface area (Å²) >= 11 is 0. The van der Waals surface area contributed by atoms with Crippen molar-refractivity contribution in [3.05, 3.63) is 45.9 Å². The molecule has 1 aliphatic carbocycles. The van der Waals surface area contributed by atoms with E-state index in [-0.39, 0.29) is 28.2 Å². The van der Waals surface area contributed by atoms with Gasteiger partial charge >= 0.3 is 0 Å². The van der Waals surface area contributed by atoms with Crippen LogP contribution >= 0.6 is 0 Å². The van der Waals surface area contributed by atoms with Gasteiger partial charge in [-0.25, -0.2) is 4.98 Å². The number of hydrogen-bond acceptors (Lipinski definition) is 8. The van der Waals surface area contributed by atoms with Crippen molar-refractivity contribution >= 4 is 11.3 Å². The molecule has 3 rings (SSSR count). The van der Waals surface area contributed by atoms with E-state index in [2.05, 4.69) is 15.3 Å². The number of allylic oxidation sites excluding steroid dienone is 3. The molecule has 24 heavy (non-hydrogen) atoms. The van der Waals surface area contributed by atoms with E-state index in [4.69, 9.17) is 15.8 Å². The first-order chi connectivity index (χ1) is 11.7. The number of dihydropyridines is 1. The molecule has 0 saturated heterocycles. The van der Waals surface area contributed by atoms with E-state index in [1.54, 1.807) is 6.19 Å². The highest BCUT2D eigenvalue weighted by atomic mass is 15.0. The Hall–Kier alpha value is -4.45. The molecule has 0 aromatic carbocycles. The molecule has 1 N–H and O–H groups in total. The van der Waals surface area contributed by atoms with Crippen molar-refractivity contribution in [1.29, 1.82) is 26.3 Å². The average Bonchev–Trinajstić information content (AvgIpc) is 2.91. The van der Waals surface area contributed by atoms with Gasteiger partial charge in [-0.05, 0) is 12.1 Å². The molecule has 0 saturated carbocycles. The van der Waals surface area contributed by atoms with E-state index in [1.807, 2.05) is 24.3 Å². The average molecular weight is 308 g/mol. The lowest BCUT2D eigenvalue weighted by Crippen LogP contribution is -2.33. The normalized spacial score (nSPS) is 18.7. The lowest BCUT2D eigenvalue weighted by atomic mass is 9.97. The van der Waals surface area contributed by atoms with Gasteiger partial charge in [0.25, 0.3) is 0 Å². The number of aliphatic imine (C=N–C) groups is 1. The van der Waals surface area contributed by atoms with Crippen LogP contribution in [-0.2, 0) is 0 Å². The SMILES string of the molecule is N#CN=C1C2=C(C=C(C#N)C(C#N)N2)c2cc(C#N)c(C#N)nc21. The third kappa shape index (κ3) is 1.88. The fourth-order valence-corrected chi connectivity index (χ4v) is 2.56. The minimum absolute atomic E-state index is 0.0793. The number of rotatable bonds is 0. The Morgan fingerprint density at radius 2 is 1.88 bits per heavy atom. The zero-order valence-electron chi connectivity index (χ0n) is 11.9. The Morgan fingerprint density at radius 1 is 1.08 bits per heavy atom. The number of hydrogen-bond donors (Lipinski definition) is 1. The predicted octanol–water partition coefficient (Wildman–Crippen LogP) is 0.765. The van der Waals surface area contributed by atoms with Crippen LogP contribution in [-0.4, -0.2) is 16.7 Å². The van der Waals surface area contributed by atoms with Crippen molar-refractivity contribution in [2.75, 3.05) is 0 Å². The third-order valence-electron chi connectivity index (χ3n) is 3.59. The first-order valence-electron chi connectivity index (χ1n) is 6.53. The van der Waals surface area contributed by atoms with Crippen LogP contribution in [0, 0.1) is 56.8 Å². The molecule has 1 aromatic rings. The maximum absolute atomic E-state index is 9.19. The third-order valence-corrected chi connectivity index (χ3v) is 3.59. The van der Waals surface area contributed by atoms with E-state index >= 15 is 0 Å². The van der Waals surface area contributed by atoms with Crippen LogP contribution in [0.4, 0.5) is 0 Å². The van der Waals surface area contributed by atoms with Gasteiger partial charge in [0.15, 0.2) is 5.69 Å². The minimum Gasteiger partial charge on any atom is -0.363 e. The molecule has 0 amide bonds.